The van der Waals surface area contributed by atoms with E-state index in [4.69, 9.17) is 0 Å². The minimum Gasteiger partial charge on any atom is -0.335 e. The lowest BCUT2D eigenvalue weighted by Crippen LogP contribution is -2.36. The molecule has 0 spiro atoms. The number of benzene rings is 1. The summed E-state index contributed by atoms with van der Waals surface area (Å²) in [7, 11) is 0. The van der Waals surface area contributed by atoms with E-state index >= 15 is 0 Å². The number of amides is 1. The highest BCUT2D eigenvalue weighted by Gasteiger charge is 2.33. The van der Waals surface area contributed by atoms with Gasteiger partial charge in [0.25, 0.3) is 11.6 Å². The van der Waals surface area contributed by atoms with Crippen LogP contribution in [0.4, 0.5) is 5.69 Å². The Labute approximate surface area is 118 Å². The minimum absolute atomic E-state index is 0.0146. The standard InChI is InChI=1S/C15H20N2O3/c1-10(2)9-16(13-5-6-13)15(18)12-4-7-14(17(19)20)11(3)8-12/h4,7-8,10,13H,5-6,9H2,1-3H3. The Kier molecular flexibility index (Phi) is 4.06. The summed E-state index contributed by atoms with van der Waals surface area (Å²) in [6.07, 6.45) is 2.12. The van der Waals surface area contributed by atoms with Gasteiger partial charge in [-0.1, -0.05) is 13.8 Å². The number of carbonyl (C=O) groups excluding carboxylic acids is 1. The highest BCUT2D eigenvalue weighted by atomic mass is 16.6. The molecule has 20 heavy (non-hydrogen) atoms. The normalized spacial score (nSPS) is 14.4. The van der Waals surface area contributed by atoms with E-state index in [0.717, 1.165) is 19.4 Å². The Bertz CT molecular complexity index is 536. The molecule has 1 saturated carbocycles. The van der Waals surface area contributed by atoms with Gasteiger partial charge in [-0.05, 0) is 37.8 Å². The van der Waals surface area contributed by atoms with Crippen molar-refractivity contribution >= 4 is 11.6 Å². The van der Waals surface area contributed by atoms with E-state index in [1.165, 1.54) is 6.07 Å². The third-order valence-electron chi connectivity index (χ3n) is 3.45. The first-order valence-corrected chi connectivity index (χ1v) is 6.96. The largest absolute Gasteiger partial charge is 0.335 e. The monoisotopic (exact) mass is 276 g/mol. The molecule has 5 heteroatoms. The second-order valence-electron chi connectivity index (χ2n) is 5.84. The average Bonchev–Trinajstić information content (AvgIpc) is 3.18. The van der Waals surface area contributed by atoms with E-state index in [1.54, 1.807) is 19.1 Å². The predicted molar refractivity (Wildman–Crippen MR) is 76.7 cm³/mol. The van der Waals surface area contributed by atoms with Crippen LogP contribution in [0.2, 0.25) is 0 Å². The van der Waals surface area contributed by atoms with Gasteiger partial charge in [0.2, 0.25) is 0 Å². The van der Waals surface area contributed by atoms with Gasteiger partial charge in [-0.15, -0.1) is 0 Å². The van der Waals surface area contributed by atoms with Gasteiger partial charge in [0.15, 0.2) is 0 Å². The fourth-order valence-electron chi connectivity index (χ4n) is 2.34. The molecule has 0 atom stereocenters. The van der Waals surface area contributed by atoms with E-state index < -0.39 is 4.92 Å². The van der Waals surface area contributed by atoms with Crippen molar-refractivity contribution in [2.45, 2.75) is 39.7 Å². The number of hydrogen-bond donors (Lipinski definition) is 0. The molecule has 1 amide bonds. The lowest BCUT2D eigenvalue weighted by atomic mass is 10.1. The molecule has 0 unspecified atom stereocenters. The Morgan fingerprint density at radius 2 is 2.10 bits per heavy atom. The zero-order valence-corrected chi connectivity index (χ0v) is 12.1. The van der Waals surface area contributed by atoms with Crippen molar-refractivity contribution in [2.75, 3.05) is 6.54 Å². The lowest BCUT2D eigenvalue weighted by molar-refractivity contribution is -0.385. The molecule has 0 bridgehead atoms. The summed E-state index contributed by atoms with van der Waals surface area (Å²) >= 11 is 0. The Balaban J connectivity index is 2.23. The van der Waals surface area contributed by atoms with E-state index in [1.807, 2.05) is 4.90 Å². The number of rotatable bonds is 5. The molecule has 2 rings (SSSR count). The third-order valence-corrected chi connectivity index (χ3v) is 3.45. The smallest absolute Gasteiger partial charge is 0.272 e. The number of nitro groups is 1. The van der Waals surface area contributed by atoms with Gasteiger partial charge in [-0.2, -0.15) is 0 Å². The van der Waals surface area contributed by atoms with Crippen molar-refractivity contribution in [1.82, 2.24) is 4.90 Å². The molecule has 1 aliphatic carbocycles. The summed E-state index contributed by atoms with van der Waals surface area (Å²) in [5, 5.41) is 10.8. The molecule has 1 aromatic carbocycles. The van der Waals surface area contributed by atoms with Gasteiger partial charge in [0, 0.05) is 29.8 Å². The minimum atomic E-state index is -0.420. The molecule has 1 aromatic rings. The van der Waals surface area contributed by atoms with Crippen LogP contribution >= 0.6 is 0 Å². The Hall–Kier alpha value is -1.91. The second kappa shape index (κ2) is 5.61. The molecule has 5 nitrogen and oxygen atoms in total. The molecule has 0 aliphatic heterocycles. The zero-order valence-electron chi connectivity index (χ0n) is 12.1. The quantitative estimate of drug-likeness (QED) is 0.613. The summed E-state index contributed by atoms with van der Waals surface area (Å²) in [4.78, 5) is 24.8. The first-order chi connectivity index (χ1) is 9.40. The summed E-state index contributed by atoms with van der Waals surface area (Å²) in [6, 6.07) is 4.95. The maximum Gasteiger partial charge on any atom is 0.272 e. The maximum absolute atomic E-state index is 12.6. The molecule has 0 radical (unpaired) electrons. The average molecular weight is 276 g/mol. The molecular formula is C15H20N2O3. The maximum atomic E-state index is 12.6. The van der Waals surface area contributed by atoms with Gasteiger partial charge in [-0.25, -0.2) is 0 Å². The third kappa shape index (κ3) is 3.15. The van der Waals surface area contributed by atoms with E-state index in [9.17, 15) is 14.9 Å². The van der Waals surface area contributed by atoms with Crippen LogP contribution in [-0.4, -0.2) is 28.3 Å². The Morgan fingerprint density at radius 3 is 2.55 bits per heavy atom. The second-order valence-corrected chi connectivity index (χ2v) is 5.84. The van der Waals surface area contributed by atoms with Crippen molar-refractivity contribution in [1.29, 1.82) is 0 Å². The number of nitrogens with zero attached hydrogens (tertiary/aromatic N) is 2. The topological polar surface area (TPSA) is 63.5 Å². The highest BCUT2D eigenvalue weighted by molar-refractivity contribution is 5.95. The molecular weight excluding hydrogens is 256 g/mol. The van der Waals surface area contributed by atoms with Crippen molar-refractivity contribution in [2.24, 2.45) is 5.92 Å². The number of hydrogen-bond acceptors (Lipinski definition) is 3. The van der Waals surface area contributed by atoms with Crippen LogP contribution in [0.15, 0.2) is 18.2 Å². The first-order valence-electron chi connectivity index (χ1n) is 6.96. The summed E-state index contributed by atoms with van der Waals surface area (Å²) in [6.45, 7) is 6.58. The van der Waals surface area contributed by atoms with Crippen LogP contribution in [0.5, 0.6) is 0 Å². The van der Waals surface area contributed by atoms with Gasteiger partial charge in [0.05, 0.1) is 4.92 Å². The van der Waals surface area contributed by atoms with E-state index in [-0.39, 0.29) is 11.6 Å². The van der Waals surface area contributed by atoms with Crippen molar-refractivity contribution in [3.05, 3.63) is 39.4 Å². The van der Waals surface area contributed by atoms with Crippen molar-refractivity contribution < 1.29 is 9.72 Å². The van der Waals surface area contributed by atoms with Gasteiger partial charge < -0.3 is 4.90 Å². The fraction of sp³-hybridized carbons (Fsp3) is 0.533. The molecule has 0 saturated heterocycles. The number of aryl methyl sites for hydroxylation is 1. The highest BCUT2D eigenvalue weighted by Crippen LogP contribution is 2.29. The van der Waals surface area contributed by atoms with Gasteiger partial charge in [-0.3, -0.25) is 14.9 Å². The molecule has 108 valence electrons. The van der Waals surface area contributed by atoms with Crippen LogP contribution in [-0.2, 0) is 0 Å². The fourth-order valence-corrected chi connectivity index (χ4v) is 2.34. The Morgan fingerprint density at radius 1 is 1.45 bits per heavy atom. The van der Waals surface area contributed by atoms with Crippen LogP contribution in [0.25, 0.3) is 0 Å². The number of nitro benzene ring substituents is 1. The summed E-state index contributed by atoms with van der Waals surface area (Å²) in [5.74, 6) is 0.401. The molecule has 0 aromatic heterocycles. The molecule has 0 heterocycles. The number of carbonyl (C=O) groups is 1. The predicted octanol–water partition coefficient (Wildman–Crippen LogP) is 3.16. The van der Waals surface area contributed by atoms with E-state index in [0.29, 0.717) is 23.1 Å². The van der Waals surface area contributed by atoms with Gasteiger partial charge >= 0.3 is 0 Å². The van der Waals surface area contributed by atoms with Crippen molar-refractivity contribution in [3.8, 4) is 0 Å². The van der Waals surface area contributed by atoms with Crippen molar-refractivity contribution in [3.63, 3.8) is 0 Å². The van der Waals surface area contributed by atoms with Crippen LogP contribution < -0.4 is 0 Å². The summed E-state index contributed by atoms with van der Waals surface area (Å²) in [5.41, 5.74) is 1.13. The zero-order chi connectivity index (χ0) is 14.9. The molecule has 1 fully saturated rings. The molecule has 1 aliphatic rings. The lowest BCUT2D eigenvalue weighted by Gasteiger charge is -2.24. The van der Waals surface area contributed by atoms with Crippen LogP contribution in [0, 0.1) is 23.0 Å². The summed E-state index contributed by atoms with van der Waals surface area (Å²) < 4.78 is 0. The molecule has 0 N–H and O–H groups in total. The SMILES string of the molecule is Cc1cc(C(=O)N(CC(C)C)C2CC2)ccc1[N+](=O)[O-]. The van der Waals surface area contributed by atoms with Crippen LogP contribution in [0.1, 0.15) is 42.6 Å². The van der Waals surface area contributed by atoms with E-state index in [2.05, 4.69) is 13.8 Å². The van der Waals surface area contributed by atoms with Gasteiger partial charge in [0.1, 0.15) is 0 Å². The van der Waals surface area contributed by atoms with Crippen LogP contribution in [0.3, 0.4) is 0 Å². The first kappa shape index (κ1) is 14.5.